The highest BCUT2D eigenvalue weighted by Crippen LogP contribution is 2.22. The van der Waals surface area contributed by atoms with Gasteiger partial charge in [0.1, 0.15) is 0 Å². The van der Waals surface area contributed by atoms with Crippen LogP contribution in [0.4, 0.5) is 5.69 Å². The first kappa shape index (κ1) is 21.9. The molecule has 0 aromatic heterocycles. The Hall–Kier alpha value is -2.42. The molecule has 0 saturated carbocycles. The summed E-state index contributed by atoms with van der Waals surface area (Å²) in [5, 5.41) is 5.78. The molecule has 0 aliphatic rings. The third-order valence-electron chi connectivity index (χ3n) is 3.77. The number of anilines is 1. The molecule has 9 heteroatoms. The highest BCUT2D eigenvalue weighted by molar-refractivity contribution is 7.89. The summed E-state index contributed by atoms with van der Waals surface area (Å²) in [4.78, 5) is 24.9. The Labute approximate surface area is 169 Å². The zero-order valence-electron chi connectivity index (χ0n) is 15.6. The maximum absolute atomic E-state index is 12.5. The molecule has 28 heavy (non-hydrogen) atoms. The molecular formula is C19H22ClN3O4S. The predicted octanol–water partition coefficient (Wildman–Crippen LogP) is 3.03. The van der Waals surface area contributed by atoms with Gasteiger partial charge >= 0.3 is 0 Å². The Kier molecular flexibility index (Phi) is 7.56. The van der Waals surface area contributed by atoms with Crippen molar-refractivity contribution in [1.29, 1.82) is 0 Å². The Balaban J connectivity index is 2.23. The number of sulfonamides is 1. The predicted molar refractivity (Wildman–Crippen MR) is 109 cm³/mol. The number of nitrogens with one attached hydrogen (secondary N) is 3. The molecule has 3 N–H and O–H groups in total. The fourth-order valence-electron chi connectivity index (χ4n) is 2.40. The van der Waals surface area contributed by atoms with Crippen LogP contribution in [0.1, 0.15) is 41.0 Å². The van der Waals surface area contributed by atoms with Crippen LogP contribution >= 0.6 is 11.6 Å². The van der Waals surface area contributed by atoms with E-state index in [-0.39, 0.29) is 34.2 Å². The molecule has 0 saturated heterocycles. The van der Waals surface area contributed by atoms with E-state index in [4.69, 9.17) is 11.6 Å². The Morgan fingerprint density at radius 3 is 2.29 bits per heavy atom. The summed E-state index contributed by atoms with van der Waals surface area (Å²) in [6.07, 6.45) is 0.781. The third-order valence-corrected chi connectivity index (χ3v) is 5.57. The number of benzene rings is 2. The van der Waals surface area contributed by atoms with Gasteiger partial charge in [0, 0.05) is 23.7 Å². The first-order chi connectivity index (χ1) is 13.3. The van der Waals surface area contributed by atoms with Crippen molar-refractivity contribution in [2.24, 2.45) is 0 Å². The van der Waals surface area contributed by atoms with Gasteiger partial charge in [0.25, 0.3) is 11.8 Å². The number of amides is 2. The van der Waals surface area contributed by atoms with Crippen LogP contribution in [0.15, 0.2) is 47.4 Å². The second-order valence-electron chi connectivity index (χ2n) is 5.93. The average molecular weight is 424 g/mol. The molecule has 0 unspecified atom stereocenters. The number of halogens is 1. The SMILES string of the molecule is CCCNC(=O)c1ccc(Cl)cc1NC(=O)c1ccc(S(=O)(=O)NCC)cc1. The molecule has 0 radical (unpaired) electrons. The van der Waals surface area contributed by atoms with E-state index in [0.717, 1.165) is 6.42 Å². The fourth-order valence-corrected chi connectivity index (χ4v) is 3.62. The second-order valence-corrected chi connectivity index (χ2v) is 8.13. The van der Waals surface area contributed by atoms with Crippen molar-refractivity contribution < 1.29 is 18.0 Å². The van der Waals surface area contributed by atoms with Gasteiger partial charge in [-0.1, -0.05) is 25.4 Å². The molecule has 2 rings (SSSR count). The van der Waals surface area contributed by atoms with Crippen LogP contribution in [0.25, 0.3) is 0 Å². The van der Waals surface area contributed by atoms with E-state index in [1.165, 1.54) is 36.4 Å². The minimum Gasteiger partial charge on any atom is -0.352 e. The molecule has 2 aromatic carbocycles. The number of carbonyl (C=O) groups excluding carboxylic acids is 2. The van der Waals surface area contributed by atoms with Gasteiger partial charge in [-0.25, -0.2) is 13.1 Å². The smallest absolute Gasteiger partial charge is 0.255 e. The monoisotopic (exact) mass is 423 g/mol. The van der Waals surface area contributed by atoms with Crippen LogP contribution in [0.5, 0.6) is 0 Å². The van der Waals surface area contributed by atoms with Crippen LogP contribution in [0, 0.1) is 0 Å². The van der Waals surface area contributed by atoms with Crippen molar-refractivity contribution in [3.8, 4) is 0 Å². The summed E-state index contributed by atoms with van der Waals surface area (Å²) < 4.78 is 26.3. The van der Waals surface area contributed by atoms with Crippen LogP contribution in [0.3, 0.4) is 0 Å². The lowest BCUT2D eigenvalue weighted by Crippen LogP contribution is -2.26. The van der Waals surface area contributed by atoms with Gasteiger partial charge in [-0.05, 0) is 48.9 Å². The maximum Gasteiger partial charge on any atom is 0.255 e. The normalized spacial score (nSPS) is 11.1. The Morgan fingerprint density at radius 2 is 1.68 bits per heavy atom. The quantitative estimate of drug-likeness (QED) is 0.606. The van der Waals surface area contributed by atoms with E-state index < -0.39 is 15.9 Å². The number of carbonyl (C=O) groups is 2. The zero-order valence-corrected chi connectivity index (χ0v) is 17.2. The van der Waals surface area contributed by atoms with Gasteiger partial charge in [-0.3, -0.25) is 9.59 Å². The highest BCUT2D eigenvalue weighted by atomic mass is 35.5. The Bertz CT molecular complexity index is 960. The molecule has 0 heterocycles. The standard InChI is InChI=1S/C19H22ClN3O4S/c1-3-11-21-19(25)16-10-7-14(20)12-17(16)23-18(24)13-5-8-15(9-6-13)28(26,27)22-4-2/h5-10,12,22H,3-4,11H2,1-2H3,(H,21,25)(H,23,24). The second kappa shape index (κ2) is 9.68. The van der Waals surface area contributed by atoms with Crippen molar-refractivity contribution >= 4 is 39.1 Å². The maximum atomic E-state index is 12.5. The van der Waals surface area contributed by atoms with Crippen molar-refractivity contribution in [3.05, 3.63) is 58.6 Å². The van der Waals surface area contributed by atoms with E-state index in [0.29, 0.717) is 11.6 Å². The zero-order chi connectivity index (χ0) is 20.7. The van der Waals surface area contributed by atoms with E-state index in [1.54, 1.807) is 13.0 Å². The molecule has 0 fully saturated rings. The molecular weight excluding hydrogens is 402 g/mol. The first-order valence-electron chi connectivity index (χ1n) is 8.77. The highest BCUT2D eigenvalue weighted by Gasteiger charge is 2.17. The molecule has 150 valence electrons. The molecule has 0 atom stereocenters. The summed E-state index contributed by atoms with van der Waals surface area (Å²) >= 11 is 6.00. The van der Waals surface area contributed by atoms with Crippen molar-refractivity contribution in [2.45, 2.75) is 25.2 Å². The van der Waals surface area contributed by atoms with Gasteiger partial charge in [-0.15, -0.1) is 0 Å². The van der Waals surface area contributed by atoms with Gasteiger partial charge in [0.2, 0.25) is 10.0 Å². The summed E-state index contributed by atoms with van der Waals surface area (Å²) in [5.41, 5.74) is 0.809. The third kappa shape index (κ3) is 5.54. The van der Waals surface area contributed by atoms with E-state index in [2.05, 4.69) is 15.4 Å². The van der Waals surface area contributed by atoms with Gasteiger partial charge < -0.3 is 10.6 Å². The number of rotatable bonds is 8. The van der Waals surface area contributed by atoms with E-state index in [9.17, 15) is 18.0 Å². The van der Waals surface area contributed by atoms with E-state index in [1.807, 2.05) is 6.92 Å². The van der Waals surface area contributed by atoms with Gasteiger partial charge in [-0.2, -0.15) is 0 Å². The molecule has 7 nitrogen and oxygen atoms in total. The summed E-state index contributed by atoms with van der Waals surface area (Å²) in [5.74, 6) is -0.805. The number of hydrogen-bond acceptors (Lipinski definition) is 4. The lowest BCUT2D eigenvalue weighted by molar-refractivity contribution is 0.0954. The molecule has 2 amide bonds. The lowest BCUT2D eigenvalue weighted by Gasteiger charge is -2.12. The van der Waals surface area contributed by atoms with Gasteiger partial charge in [0.05, 0.1) is 16.1 Å². The van der Waals surface area contributed by atoms with Crippen LogP contribution in [-0.2, 0) is 10.0 Å². The summed E-state index contributed by atoms with van der Waals surface area (Å²) in [6.45, 7) is 4.39. The van der Waals surface area contributed by atoms with Crippen LogP contribution in [0.2, 0.25) is 5.02 Å². The average Bonchev–Trinajstić information content (AvgIpc) is 2.66. The molecule has 0 spiro atoms. The van der Waals surface area contributed by atoms with Crippen LogP contribution < -0.4 is 15.4 Å². The summed E-state index contributed by atoms with van der Waals surface area (Å²) in [7, 11) is -3.60. The molecule has 2 aromatic rings. The number of hydrogen-bond donors (Lipinski definition) is 3. The minimum atomic E-state index is -3.60. The van der Waals surface area contributed by atoms with Crippen molar-refractivity contribution in [2.75, 3.05) is 18.4 Å². The Morgan fingerprint density at radius 1 is 1.00 bits per heavy atom. The molecule has 0 aliphatic heterocycles. The summed E-state index contributed by atoms with van der Waals surface area (Å²) in [6, 6.07) is 10.1. The largest absolute Gasteiger partial charge is 0.352 e. The molecule has 0 bridgehead atoms. The molecule has 0 aliphatic carbocycles. The lowest BCUT2D eigenvalue weighted by atomic mass is 10.1. The van der Waals surface area contributed by atoms with Crippen molar-refractivity contribution in [3.63, 3.8) is 0 Å². The van der Waals surface area contributed by atoms with Gasteiger partial charge in [0.15, 0.2) is 0 Å². The van der Waals surface area contributed by atoms with Crippen LogP contribution in [-0.4, -0.2) is 33.3 Å². The van der Waals surface area contributed by atoms with E-state index >= 15 is 0 Å². The first-order valence-corrected chi connectivity index (χ1v) is 10.6. The van der Waals surface area contributed by atoms with Crippen molar-refractivity contribution in [1.82, 2.24) is 10.0 Å². The minimum absolute atomic E-state index is 0.0632. The fraction of sp³-hybridized carbons (Fsp3) is 0.263. The topological polar surface area (TPSA) is 104 Å².